The van der Waals surface area contributed by atoms with E-state index >= 15 is 0 Å². The van der Waals surface area contributed by atoms with E-state index in [1.165, 1.54) is 6.33 Å². The van der Waals surface area contributed by atoms with Crippen molar-refractivity contribution >= 4 is 58.8 Å². The number of likely N-dealkylation sites (tertiary alicyclic amines) is 1. The summed E-state index contributed by atoms with van der Waals surface area (Å²) in [5, 5.41) is 7.15. The maximum Gasteiger partial charge on any atom is 0.255 e. The first-order valence-electron chi connectivity index (χ1n) is 12.9. The first kappa shape index (κ1) is 30.6. The van der Waals surface area contributed by atoms with Gasteiger partial charge in [-0.05, 0) is 63.3 Å². The normalized spacial score (nSPS) is 15.0. The van der Waals surface area contributed by atoms with Crippen LogP contribution in [-0.4, -0.2) is 68.9 Å². The number of likely N-dealkylation sites (N-methyl/N-ethyl adjacent to an activating group) is 1. The summed E-state index contributed by atoms with van der Waals surface area (Å²) in [4.78, 5) is 34.7. The Morgan fingerprint density at radius 1 is 1.10 bits per heavy atom. The van der Waals surface area contributed by atoms with Crippen molar-refractivity contribution in [3.05, 3.63) is 88.1 Å². The van der Waals surface area contributed by atoms with Crippen LogP contribution in [-0.2, 0) is 6.54 Å². The summed E-state index contributed by atoms with van der Waals surface area (Å²) in [5.41, 5.74) is 5.03. The molecular formula is C29H31Cl3N8O. The van der Waals surface area contributed by atoms with E-state index < -0.39 is 0 Å². The molecule has 1 aliphatic heterocycles. The SMILES string of the molecule is Cc1ccc(NC(=O)c2cc(Cl)c(CN3CCC(N(C)C)C3)c(Cl)c2)cc1Nc1nccc(-c2cncnc2)n1.Cl. The van der Waals surface area contributed by atoms with Crippen LogP contribution in [0, 0.1) is 6.92 Å². The molecule has 4 aromatic rings. The van der Waals surface area contributed by atoms with Crippen LogP contribution in [0.5, 0.6) is 0 Å². The summed E-state index contributed by atoms with van der Waals surface area (Å²) >= 11 is 13.2. The Labute approximate surface area is 255 Å². The quantitative estimate of drug-likeness (QED) is 0.246. The van der Waals surface area contributed by atoms with Gasteiger partial charge in [0.2, 0.25) is 5.95 Å². The molecule has 2 aromatic heterocycles. The zero-order chi connectivity index (χ0) is 28.2. The van der Waals surface area contributed by atoms with E-state index in [-0.39, 0.29) is 18.3 Å². The van der Waals surface area contributed by atoms with E-state index in [1.54, 1.807) is 36.8 Å². The zero-order valence-corrected chi connectivity index (χ0v) is 25.3. The van der Waals surface area contributed by atoms with Gasteiger partial charge in [0, 0.05) is 82.4 Å². The monoisotopic (exact) mass is 612 g/mol. The number of amides is 1. The second-order valence-corrected chi connectivity index (χ2v) is 10.9. The van der Waals surface area contributed by atoms with Crippen molar-refractivity contribution in [1.29, 1.82) is 0 Å². The number of carbonyl (C=O) groups is 1. The lowest BCUT2D eigenvalue weighted by Crippen LogP contribution is -2.31. The lowest BCUT2D eigenvalue weighted by atomic mass is 10.1. The van der Waals surface area contributed by atoms with Gasteiger partial charge in [0.1, 0.15) is 6.33 Å². The van der Waals surface area contributed by atoms with Gasteiger partial charge in [-0.25, -0.2) is 19.9 Å². The fourth-order valence-electron chi connectivity index (χ4n) is 4.66. The predicted octanol–water partition coefficient (Wildman–Crippen LogP) is 6.10. The average Bonchev–Trinajstić information content (AvgIpc) is 3.42. The minimum absolute atomic E-state index is 0. The maximum absolute atomic E-state index is 13.1. The summed E-state index contributed by atoms with van der Waals surface area (Å²) < 4.78 is 0. The Balaban J connectivity index is 0.00000387. The topological polar surface area (TPSA) is 99.2 Å². The fraction of sp³-hybridized carbons (Fsp3) is 0.276. The van der Waals surface area contributed by atoms with E-state index in [0.29, 0.717) is 45.5 Å². The van der Waals surface area contributed by atoms with Gasteiger partial charge < -0.3 is 15.5 Å². The number of aromatic nitrogens is 4. The van der Waals surface area contributed by atoms with E-state index in [2.05, 4.69) is 54.5 Å². The van der Waals surface area contributed by atoms with E-state index in [0.717, 1.165) is 41.9 Å². The van der Waals surface area contributed by atoms with Crippen molar-refractivity contribution in [2.24, 2.45) is 0 Å². The van der Waals surface area contributed by atoms with Gasteiger partial charge >= 0.3 is 0 Å². The highest BCUT2D eigenvalue weighted by molar-refractivity contribution is 6.36. The number of carbonyl (C=O) groups excluding carboxylic acids is 1. The van der Waals surface area contributed by atoms with E-state index in [9.17, 15) is 4.79 Å². The molecule has 1 unspecified atom stereocenters. The summed E-state index contributed by atoms with van der Waals surface area (Å²) in [7, 11) is 4.20. The minimum Gasteiger partial charge on any atom is -0.324 e. The summed E-state index contributed by atoms with van der Waals surface area (Å²) in [5.74, 6) is 0.110. The Hall–Kier alpha value is -3.34. The van der Waals surface area contributed by atoms with Crippen molar-refractivity contribution in [2.45, 2.75) is 25.9 Å². The van der Waals surface area contributed by atoms with Crippen LogP contribution in [0.1, 0.15) is 27.9 Å². The molecule has 1 fully saturated rings. The summed E-state index contributed by atoms with van der Waals surface area (Å²) in [6, 6.07) is 11.2. The summed E-state index contributed by atoms with van der Waals surface area (Å²) in [6.45, 7) is 4.55. The molecule has 1 aliphatic rings. The highest BCUT2D eigenvalue weighted by atomic mass is 35.5. The molecule has 1 saturated heterocycles. The molecule has 3 heterocycles. The van der Waals surface area contributed by atoms with E-state index in [4.69, 9.17) is 23.2 Å². The van der Waals surface area contributed by atoms with Gasteiger partial charge in [-0.1, -0.05) is 29.3 Å². The lowest BCUT2D eigenvalue weighted by Gasteiger charge is -2.21. The molecule has 0 aliphatic carbocycles. The highest BCUT2D eigenvalue weighted by Gasteiger charge is 2.25. The molecule has 0 saturated carbocycles. The third kappa shape index (κ3) is 7.49. The Kier molecular flexibility index (Phi) is 10.1. The van der Waals surface area contributed by atoms with Crippen LogP contribution in [0.2, 0.25) is 10.0 Å². The van der Waals surface area contributed by atoms with Crippen molar-refractivity contribution in [1.82, 2.24) is 29.7 Å². The lowest BCUT2D eigenvalue weighted by molar-refractivity contribution is 0.102. The molecule has 0 spiro atoms. The molecule has 1 amide bonds. The molecule has 2 N–H and O–H groups in total. The number of aryl methyl sites for hydroxylation is 1. The largest absolute Gasteiger partial charge is 0.324 e. The number of rotatable bonds is 8. The number of halogens is 3. The Morgan fingerprint density at radius 3 is 2.51 bits per heavy atom. The number of nitrogens with one attached hydrogen (secondary N) is 2. The summed E-state index contributed by atoms with van der Waals surface area (Å²) in [6.07, 6.45) is 7.63. The highest BCUT2D eigenvalue weighted by Crippen LogP contribution is 2.30. The van der Waals surface area contributed by atoms with Crippen LogP contribution in [0.3, 0.4) is 0 Å². The number of hydrogen-bond donors (Lipinski definition) is 2. The van der Waals surface area contributed by atoms with Gasteiger partial charge in [-0.2, -0.15) is 0 Å². The third-order valence-electron chi connectivity index (χ3n) is 7.02. The number of benzene rings is 2. The Morgan fingerprint density at radius 2 is 1.83 bits per heavy atom. The molecule has 214 valence electrons. The average molecular weight is 614 g/mol. The molecule has 2 aromatic carbocycles. The van der Waals surface area contributed by atoms with Crippen LogP contribution in [0.25, 0.3) is 11.3 Å². The van der Waals surface area contributed by atoms with Crippen LogP contribution in [0.15, 0.2) is 61.3 Å². The van der Waals surface area contributed by atoms with Crippen molar-refractivity contribution < 1.29 is 4.79 Å². The first-order valence-corrected chi connectivity index (χ1v) is 13.7. The second-order valence-electron chi connectivity index (χ2n) is 10.1. The zero-order valence-electron chi connectivity index (χ0n) is 22.9. The van der Waals surface area contributed by atoms with Gasteiger partial charge in [0.25, 0.3) is 5.91 Å². The second kappa shape index (κ2) is 13.5. The molecule has 41 heavy (non-hydrogen) atoms. The van der Waals surface area contributed by atoms with Crippen LogP contribution in [0.4, 0.5) is 17.3 Å². The first-order chi connectivity index (χ1) is 19.3. The molecule has 0 radical (unpaired) electrons. The predicted molar refractivity (Wildman–Crippen MR) is 167 cm³/mol. The molecule has 5 rings (SSSR count). The van der Waals surface area contributed by atoms with Gasteiger partial charge in [0.05, 0.1) is 5.69 Å². The standard InChI is InChI=1S/C29H30Cl2N8O.ClH/c1-18-4-5-21(12-27(18)37-29-34-8-6-26(36-29)20-13-32-17-33-14-20)35-28(40)19-10-24(30)23(25(31)11-19)16-39-9-7-22(15-39)38(2)3;/h4-6,8,10-14,17,22H,7,9,15-16H2,1-3H3,(H,35,40)(H,34,36,37);1H. The fourth-order valence-corrected chi connectivity index (χ4v) is 5.26. The smallest absolute Gasteiger partial charge is 0.255 e. The van der Waals surface area contributed by atoms with Gasteiger partial charge in [0.15, 0.2) is 0 Å². The van der Waals surface area contributed by atoms with Crippen molar-refractivity contribution in [3.8, 4) is 11.3 Å². The molecule has 1 atom stereocenters. The van der Waals surface area contributed by atoms with Gasteiger partial charge in [-0.15, -0.1) is 12.4 Å². The number of nitrogens with zero attached hydrogens (tertiary/aromatic N) is 6. The molecular weight excluding hydrogens is 583 g/mol. The van der Waals surface area contributed by atoms with Crippen LogP contribution < -0.4 is 10.6 Å². The number of hydrogen-bond acceptors (Lipinski definition) is 8. The maximum atomic E-state index is 13.1. The van der Waals surface area contributed by atoms with Crippen molar-refractivity contribution in [3.63, 3.8) is 0 Å². The molecule has 12 heteroatoms. The van der Waals surface area contributed by atoms with Crippen LogP contribution >= 0.6 is 35.6 Å². The van der Waals surface area contributed by atoms with Crippen molar-refractivity contribution in [2.75, 3.05) is 37.8 Å². The molecule has 0 bridgehead atoms. The van der Waals surface area contributed by atoms with E-state index in [1.807, 2.05) is 25.1 Å². The number of anilines is 3. The van der Waals surface area contributed by atoms with Gasteiger partial charge in [-0.3, -0.25) is 9.69 Å². The minimum atomic E-state index is -0.304. The third-order valence-corrected chi connectivity index (χ3v) is 7.69. The Bertz CT molecular complexity index is 1500. The molecule has 9 nitrogen and oxygen atoms in total.